The fourth-order valence-electron chi connectivity index (χ4n) is 2.66. The Morgan fingerprint density at radius 2 is 1.97 bits per heavy atom. The maximum absolute atomic E-state index is 12.7. The molecular formula is C22H21ClN2O4. The van der Waals surface area contributed by atoms with E-state index in [1.54, 1.807) is 60.5 Å². The number of hydrogen-bond donors (Lipinski definition) is 1. The van der Waals surface area contributed by atoms with Crippen LogP contribution in [-0.4, -0.2) is 36.9 Å². The van der Waals surface area contributed by atoms with E-state index in [1.807, 2.05) is 13.0 Å². The van der Waals surface area contributed by atoms with Crippen molar-refractivity contribution in [2.75, 3.05) is 25.5 Å². The highest BCUT2D eigenvalue weighted by Crippen LogP contribution is 2.20. The number of nitrogens with zero attached hydrogens (tertiary/aromatic N) is 1. The second-order valence-electron chi connectivity index (χ2n) is 6.49. The van der Waals surface area contributed by atoms with E-state index in [9.17, 15) is 9.59 Å². The van der Waals surface area contributed by atoms with Gasteiger partial charge in [-0.3, -0.25) is 9.59 Å². The minimum absolute atomic E-state index is 0.173. The molecule has 7 heteroatoms. The first-order valence-electron chi connectivity index (χ1n) is 9.03. The molecule has 0 saturated heterocycles. The summed E-state index contributed by atoms with van der Waals surface area (Å²) in [5, 5.41) is 3.37. The highest BCUT2D eigenvalue weighted by Gasteiger charge is 2.15. The molecule has 3 rings (SSSR count). The Hall–Kier alpha value is -3.25. The van der Waals surface area contributed by atoms with Crippen LogP contribution < -0.4 is 10.1 Å². The summed E-state index contributed by atoms with van der Waals surface area (Å²) in [5.74, 6) is 0.312. The van der Waals surface area contributed by atoms with Crippen LogP contribution in [-0.2, 0) is 0 Å². The molecular weight excluding hydrogens is 392 g/mol. The van der Waals surface area contributed by atoms with Crippen molar-refractivity contribution in [3.8, 4) is 5.75 Å². The Morgan fingerprint density at radius 3 is 2.69 bits per heavy atom. The lowest BCUT2D eigenvalue weighted by atomic mass is 10.1. The van der Waals surface area contributed by atoms with Crippen LogP contribution in [0.1, 0.15) is 26.5 Å². The molecule has 0 unspecified atom stereocenters. The summed E-state index contributed by atoms with van der Waals surface area (Å²) in [5.41, 5.74) is 1.87. The van der Waals surface area contributed by atoms with Gasteiger partial charge in [0.15, 0.2) is 5.76 Å². The minimum Gasteiger partial charge on any atom is -0.492 e. The molecule has 0 spiro atoms. The fraction of sp³-hybridized carbons (Fsp3) is 0.182. The smallest absolute Gasteiger partial charge is 0.291 e. The molecule has 2 aromatic carbocycles. The van der Waals surface area contributed by atoms with Crippen LogP contribution in [0, 0.1) is 6.92 Å². The molecule has 0 aliphatic carbocycles. The number of halogens is 1. The third kappa shape index (κ3) is 5.39. The Labute approximate surface area is 174 Å². The normalized spacial score (nSPS) is 10.4. The van der Waals surface area contributed by atoms with Crippen molar-refractivity contribution in [3.05, 3.63) is 82.8 Å². The molecule has 6 nitrogen and oxygen atoms in total. The van der Waals surface area contributed by atoms with E-state index in [2.05, 4.69) is 5.32 Å². The monoisotopic (exact) mass is 412 g/mol. The molecule has 2 amide bonds. The molecule has 29 heavy (non-hydrogen) atoms. The topological polar surface area (TPSA) is 71.8 Å². The number of carbonyl (C=O) groups excluding carboxylic acids is 2. The number of aryl methyl sites for hydroxylation is 1. The largest absolute Gasteiger partial charge is 0.492 e. The molecule has 0 saturated carbocycles. The molecule has 3 aromatic rings. The molecule has 0 aliphatic heterocycles. The van der Waals surface area contributed by atoms with Crippen LogP contribution in [0.3, 0.4) is 0 Å². The van der Waals surface area contributed by atoms with Crippen molar-refractivity contribution in [1.29, 1.82) is 0 Å². The van der Waals surface area contributed by atoms with Crippen LogP contribution in [0.4, 0.5) is 5.69 Å². The minimum atomic E-state index is -0.369. The van der Waals surface area contributed by atoms with Crippen molar-refractivity contribution in [2.45, 2.75) is 6.92 Å². The number of furan rings is 1. The summed E-state index contributed by atoms with van der Waals surface area (Å²) in [6.07, 6.45) is 1.43. The van der Waals surface area contributed by atoms with Crippen LogP contribution >= 0.6 is 11.6 Å². The SMILES string of the molecule is Cc1ccc(C(=O)N(C)CCOc2cccc(Cl)c2)cc1NC(=O)c1ccco1. The number of likely N-dealkylation sites (N-methyl/N-ethyl adjacent to an activating group) is 1. The number of carbonyl (C=O) groups is 2. The van der Waals surface area contributed by atoms with Crippen LogP contribution in [0.15, 0.2) is 65.3 Å². The summed E-state index contributed by atoms with van der Waals surface area (Å²) in [7, 11) is 1.70. The Balaban J connectivity index is 1.61. The number of anilines is 1. The zero-order valence-electron chi connectivity index (χ0n) is 16.1. The van der Waals surface area contributed by atoms with Gasteiger partial charge in [0.2, 0.25) is 0 Å². The Bertz CT molecular complexity index is 1000. The van der Waals surface area contributed by atoms with Crippen LogP contribution in [0.5, 0.6) is 5.75 Å². The number of nitrogens with one attached hydrogen (secondary N) is 1. The van der Waals surface area contributed by atoms with Gasteiger partial charge in [-0.1, -0.05) is 23.7 Å². The first kappa shape index (κ1) is 20.5. The van der Waals surface area contributed by atoms with Crippen molar-refractivity contribution in [2.24, 2.45) is 0 Å². The summed E-state index contributed by atoms with van der Waals surface area (Å²) < 4.78 is 10.7. The number of rotatable bonds is 7. The number of ether oxygens (including phenoxy) is 1. The van der Waals surface area contributed by atoms with Crippen molar-refractivity contribution < 1.29 is 18.7 Å². The standard InChI is InChI=1S/C22H21ClN2O4/c1-15-8-9-16(13-19(15)24-21(26)20-7-4-11-29-20)22(27)25(2)10-12-28-18-6-3-5-17(23)14-18/h3-9,11,13-14H,10,12H2,1-2H3,(H,24,26). The van der Waals surface area contributed by atoms with Crippen molar-refractivity contribution in [3.63, 3.8) is 0 Å². The molecule has 0 fully saturated rings. The zero-order chi connectivity index (χ0) is 20.8. The summed E-state index contributed by atoms with van der Waals surface area (Å²) >= 11 is 5.93. The van der Waals surface area contributed by atoms with Gasteiger partial charge >= 0.3 is 0 Å². The van der Waals surface area contributed by atoms with E-state index < -0.39 is 0 Å². The maximum Gasteiger partial charge on any atom is 0.291 e. The second-order valence-corrected chi connectivity index (χ2v) is 6.93. The molecule has 0 aliphatic rings. The van der Waals surface area contributed by atoms with Crippen molar-refractivity contribution in [1.82, 2.24) is 4.90 Å². The lowest BCUT2D eigenvalue weighted by molar-refractivity contribution is 0.0773. The molecule has 1 aromatic heterocycles. The summed E-state index contributed by atoms with van der Waals surface area (Å²) in [4.78, 5) is 26.5. The number of benzene rings is 2. The number of hydrogen-bond acceptors (Lipinski definition) is 4. The third-order valence-electron chi connectivity index (χ3n) is 4.32. The third-order valence-corrected chi connectivity index (χ3v) is 4.55. The van der Waals surface area contributed by atoms with Gasteiger partial charge in [0.05, 0.1) is 12.8 Å². The quantitative estimate of drug-likeness (QED) is 0.613. The van der Waals surface area contributed by atoms with Gasteiger partial charge in [0.25, 0.3) is 11.8 Å². The van der Waals surface area contributed by atoms with Gasteiger partial charge in [-0.25, -0.2) is 0 Å². The molecule has 0 radical (unpaired) electrons. The predicted molar refractivity (Wildman–Crippen MR) is 112 cm³/mol. The second kappa shape index (κ2) is 9.30. The lowest BCUT2D eigenvalue weighted by Gasteiger charge is -2.18. The van der Waals surface area contributed by atoms with E-state index in [-0.39, 0.29) is 17.6 Å². The highest BCUT2D eigenvalue weighted by molar-refractivity contribution is 6.30. The Morgan fingerprint density at radius 1 is 1.14 bits per heavy atom. The number of amides is 2. The summed E-state index contributed by atoms with van der Waals surface area (Å²) in [6.45, 7) is 2.58. The van der Waals surface area contributed by atoms with Gasteiger partial charge in [-0.05, 0) is 55.0 Å². The summed E-state index contributed by atoms with van der Waals surface area (Å²) in [6, 6.07) is 15.5. The fourth-order valence-corrected chi connectivity index (χ4v) is 2.84. The average molecular weight is 413 g/mol. The van der Waals surface area contributed by atoms with Gasteiger partial charge in [-0.2, -0.15) is 0 Å². The van der Waals surface area contributed by atoms with E-state index in [4.69, 9.17) is 20.8 Å². The molecule has 1 heterocycles. The lowest BCUT2D eigenvalue weighted by Crippen LogP contribution is -2.31. The van der Waals surface area contributed by atoms with Crippen LogP contribution in [0.2, 0.25) is 5.02 Å². The first-order valence-corrected chi connectivity index (χ1v) is 9.41. The van der Waals surface area contributed by atoms with Gasteiger partial charge in [-0.15, -0.1) is 0 Å². The van der Waals surface area contributed by atoms with E-state index >= 15 is 0 Å². The van der Waals surface area contributed by atoms with Gasteiger partial charge in [0, 0.05) is 23.3 Å². The molecule has 0 atom stereocenters. The average Bonchev–Trinajstić information content (AvgIpc) is 3.24. The van der Waals surface area contributed by atoms with E-state index in [0.717, 1.165) is 5.56 Å². The van der Waals surface area contributed by atoms with Crippen molar-refractivity contribution >= 4 is 29.1 Å². The van der Waals surface area contributed by atoms with Gasteiger partial charge in [0.1, 0.15) is 12.4 Å². The maximum atomic E-state index is 12.7. The first-order chi connectivity index (χ1) is 13.9. The molecule has 0 bridgehead atoms. The van der Waals surface area contributed by atoms with Gasteiger partial charge < -0.3 is 19.4 Å². The Kier molecular flexibility index (Phi) is 6.57. The van der Waals surface area contributed by atoms with E-state index in [0.29, 0.717) is 35.2 Å². The highest BCUT2D eigenvalue weighted by atomic mass is 35.5. The molecule has 1 N–H and O–H groups in total. The molecule has 150 valence electrons. The zero-order valence-corrected chi connectivity index (χ0v) is 16.9. The van der Waals surface area contributed by atoms with Crippen LogP contribution in [0.25, 0.3) is 0 Å². The predicted octanol–water partition coefficient (Wildman–Crippen LogP) is 4.64. The van der Waals surface area contributed by atoms with E-state index in [1.165, 1.54) is 6.26 Å².